The van der Waals surface area contributed by atoms with Crippen LogP contribution >= 0.6 is 0 Å². The molecule has 1 rings (SSSR count). The maximum absolute atomic E-state index is 13.1. The molecule has 0 fully saturated rings. The summed E-state index contributed by atoms with van der Waals surface area (Å²) in [5, 5.41) is 18.5. The molecule has 0 heterocycles. The summed E-state index contributed by atoms with van der Waals surface area (Å²) >= 11 is 0. The van der Waals surface area contributed by atoms with Crippen LogP contribution in [0.2, 0.25) is 0 Å². The van der Waals surface area contributed by atoms with Crippen molar-refractivity contribution in [3.63, 3.8) is 0 Å². The van der Waals surface area contributed by atoms with Gasteiger partial charge in [-0.15, -0.1) is 0 Å². The van der Waals surface area contributed by atoms with Crippen LogP contribution in [-0.2, 0) is 4.79 Å². The fourth-order valence-electron chi connectivity index (χ4n) is 1.40. The Morgan fingerprint density at radius 1 is 1.62 bits per heavy atom. The van der Waals surface area contributed by atoms with E-state index in [-0.39, 0.29) is 17.9 Å². The Kier molecular flexibility index (Phi) is 3.68. The third kappa shape index (κ3) is 2.06. The van der Waals surface area contributed by atoms with E-state index in [1.807, 2.05) is 0 Å². The normalized spacial score (nSPS) is 12.2. The molecule has 16 heavy (non-hydrogen) atoms. The molecule has 0 aliphatic heterocycles. The summed E-state index contributed by atoms with van der Waals surface area (Å²) in [7, 11) is 1.18. The molecular formula is C10H12FNO4. The zero-order valence-electron chi connectivity index (χ0n) is 8.61. The van der Waals surface area contributed by atoms with E-state index in [2.05, 4.69) is 4.74 Å². The molecule has 0 aliphatic rings. The molecular weight excluding hydrogens is 217 g/mol. The molecule has 5 nitrogen and oxygen atoms in total. The molecule has 0 radical (unpaired) electrons. The summed E-state index contributed by atoms with van der Waals surface area (Å²) in [6.07, 6.45) is 0. The molecule has 1 unspecified atom stereocenters. The highest BCUT2D eigenvalue weighted by Crippen LogP contribution is 2.36. The number of nitrogens with two attached hydrogens (primary N) is 1. The van der Waals surface area contributed by atoms with Crippen LogP contribution in [-0.4, -0.2) is 29.8 Å². The van der Waals surface area contributed by atoms with Crippen LogP contribution in [0, 0.1) is 5.82 Å². The molecule has 0 spiro atoms. The molecule has 1 aromatic rings. The van der Waals surface area contributed by atoms with Gasteiger partial charge in [-0.1, -0.05) is 6.07 Å². The maximum Gasteiger partial charge on any atom is 0.312 e. The highest BCUT2D eigenvalue weighted by Gasteiger charge is 2.24. The smallest absolute Gasteiger partial charge is 0.312 e. The minimum atomic E-state index is -1.19. The fourth-order valence-corrected chi connectivity index (χ4v) is 1.40. The van der Waals surface area contributed by atoms with Gasteiger partial charge in [-0.05, 0) is 6.07 Å². The van der Waals surface area contributed by atoms with E-state index in [9.17, 15) is 14.3 Å². The topological polar surface area (TPSA) is 92.8 Å². The quantitative estimate of drug-likeness (QED) is 0.705. The van der Waals surface area contributed by atoms with Crippen LogP contribution in [0.1, 0.15) is 11.5 Å². The molecule has 0 aromatic heterocycles. The monoisotopic (exact) mass is 229 g/mol. The van der Waals surface area contributed by atoms with Gasteiger partial charge < -0.3 is 20.7 Å². The number of aromatic hydroxyl groups is 1. The second-order valence-electron chi connectivity index (χ2n) is 3.14. The SMILES string of the molecule is COc1c(F)ccc(C(CN)C(=O)O)c1O. The Labute approximate surface area is 91.3 Å². The van der Waals surface area contributed by atoms with Crippen LogP contribution in [0.4, 0.5) is 4.39 Å². The largest absolute Gasteiger partial charge is 0.504 e. The summed E-state index contributed by atoms with van der Waals surface area (Å²) in [6.45, 7) is -0.197. The molecule has 1 atom stereocenters. The van der Waals surface area contributed by atoms with Gasteiger partial charge in [0.1, 0.15) is 0 Å². The number of hydrogen-bond acceptors (Lipinski definition) is 4. The number of methoxy groups -OCH3 is 1. The van der Waals surface area contributed by atoms with Gasteiger partial charge in [0, 0.05) is 12.1 Å². The van der Waals surface area contributed by atoms with Gasteiger partial charge in [0.15, 0.2) is 17.3 Å². The molecule has 4 N–H and O–H groups in total. The Balaban J connectivity index is 3.29. The van der Waals surface area contributed by atoms with Crippen molar-refractivity contribution in [2.24, 2.45) is 5.73 Å². The molecule has 0 saturated carbocycles. The van der Waals surface area contributed by atoms with Crippen molar-refractivity contribution in [3.8, 4) is 11.5 Å². The highest BCUT2D eigenvalue weighted by atomic mass is 19.1. The summed E-state index contributed by atoms with van der Waals surface area (Å²) in [6, 6.07) is 2.21. The number of rotatable bonds is 4. The number of hydrogen-bond donors (Lipinski definition) is 3. The molecule has 6 heteroatoms. The van der Waals surface area contributed by atoms with E-state index in [0.29, 0.717) is 0 Å². The van der Waals surface area contributed by atoms with Crippen LogP contribution in [0.25, 0.3) is 0 Å². The first kappa shape index (κ1) is 12.3. The van der Waals surface area contributed by atoms with Crippen molar-refractivity contribution < 1.29 is 24.1 Å². The highest BCUT2D eigenvalue weighted by molar-refractivity contribution is 5.78. The first-order valence-corrected chi connectivity index (χ1v) is 4.51. The van der Waals surface area contributed by atoms with Gasteiger partial charge in [-0.25, -0.2) is 4.39 Å². The van der Waals surface area contributed by atoms with Crippen LogP contribution in [0.5, 0.6) is 11.5 Å². The molecule has 0 bridgehead atoms. The standard InChI is InChI=1S/C10H12FNO4/c1-16-9-7(11)3-2-5(8(9)13)6(4-12)10(14)15/h2-3,6,13H,4,12H2,1H3,(H,14,15). The number of carboxylic acids is 1. The lowest BCUT2D eigenvalue weighted by Gasteiger charge is -2.14. The number of halogens is 1. The fraction of sp³-hybridized carbons (Fsp3) is 0.300. The van der Waals surface area contributed by atoms with E-state index >= 15 is 0 Å². The lowest BCUT2D eigenvalue weighted by atomic mass is 9.98. The first-order valence-electron chi connectivity index (χ1n) is 4.51. The minimum Gasteiger partial charge on any atom is -0.504 e. The Hall–Kier alpha value is -1.82. The number of phenols is 1. The summed E-state index contributed by atoms with van der Waals surface area (Å²) in [5.41, 5.74) is 5.31. The Morgan fingerprint density at radius 2 is 2.25 bits per heavy atom. The molecule has 0 amide bonds. The predicted molar refractivity (Wildman–Crippen MR) is 54.0 cm³/mol. The maximum atomic E-state index is 13.1. The zero-order valence-corrected chi connectivity index (χ0v) is 8.61. The number of phenolic OH excluding ortho intramolecular Hbond substituents is 1. The van der Waals surface area contributed by atoms with Gasteiger partial charge in [0.2, 0.25) is 0 Å². The van der Waals surface area contributed by atoms with Crippen LogP contribution in [0.3, 0.4) is 0 Å². The number of aliphatic carboxylic acids is 1. The lowest BCUT2D eigenvalue weighted by Crippen LogP contribution is -2.21. The van der Waals surface area contributed by atoms with Crippen LogP contribution < -0.4 is 10.5 Å². The second kappa shape index (κ2) is 4.80. The average molecular weight is 229 g/mol. The lowest BCUT2D eigenvalue weighted by molar-refractivity contribution is -0.138. The Morgan fingerprint density at radius 3 is 2.69 bits per heavy atom. The first-order chi connectivity index (χ1) is 7.52. The average Bonchev–Trinajstić information content (AvgIpc) is 2.22. The van der Waals surface area contributed by atoms with Gasteiger partial charge in [-0.3, -0.25) is 4.79 Å². The Bertz CT molecular complexity index is 408. The zero-order chi connectivity index (χ0) is 12.3. The van der Waals surface area contributed by atoms with Gasteiger partial charge in [-0.2, -0.15) is 0 Å². The van der Waals surface area contributed by atoms with Gasteiger partial charge in [0.05, 0.1) is 13.0 Å². The summed E-state index contributed by atoms with van der Waals surface area (Å²) in [5.74, 6) is -3.94. The van der Waals surface area contributed by atoms with E-state index < -0.39 is 23.5 Å². The van der Waals surface area contributed by atoms with E-state index in [1.165, 1.54) is 13.2 Å². The number of ether oxygens (including phenoxy) is 1. The third-order valence-electron chi connectivity index (χ3n) is 2.23. The van der Waals surface area contributed by atoms with Crippen molar-refractivity contribution in [3.05, 3.63) is 23.5 Å². The molecule has 0 saturated heterocycles. The van der Waals surface area contributed by atoms with Gasteiger partial charge in [0.25, 0.3) is 0 Å². The van der Waals surface area contributed by atoms with E-state index in [0.717, 1.165) is 6.07 Å². The summed E-state index contributed by atoms with van der Waals surface area (Å²) in [4.78, 5) is 10.8. The van der Waals surface area contributed by atoms with Gasteiger partial charge >= 0.3 is 5.97 Å². The second-order valence-corrected chi connectivity index (χ2v) is 3.14. The van der Waals surface area contributed by atoms with Crippen molar-refractivity contribution in [1.29, 1.82) is 0 Å². The van der Waals surface area contributed by atoms with Crippen molar-refractivity contribution >= 4 is 5.97 Å². The molecule has 88 valence electrons. The third-order valence-corrected chi connectivity index (χ3v) is 2.23. The minimum absolute atomic E-state index is 0.0354. The molecule has 1 aromatic carbocycles. The van der Waals surface area contributed by atoms with Crippen molar-refractivity contribution in [2.75, 3.05) is 13.7 Å². The van der Waals surface area contributed by atoms with Crippen LogP contribution in [0.15, 0.2) is 12.1 Å². The van der Waals surface area contributed by atoms with E-state index in [1.54, 1.807) is 0 Å². The summed E-state index contributed by atoms with van der Waals surface area (Å²) < 4.78 is 17.8. The van der Waals surface area contributed by atoms with E-state index in [4.69, 9.17) is 10.8 Å². The molecule has 0 aliphatic carbocycles. The number of carboxylic acid groups (broad SMARTS) is 1. The number of carbonyl (C=O) groups is 1. The van der Waals surface area contributed by atoms with Crippen molar-refractivity contribution in [1.82, 2.24) is 0 Å². The predicted octanol–water partition coefficient (Wildman–Crippen LogP) is 0.667. The van der Waals surface area contributed by atoms with Crippen molar-refractivity contribution in [2.45, 2.75) is 5.92 Å². The number of benzene rings is 1.